The average molecular weight is 251 g/mol. The molecule has 18 heavy (non-hydrogen) atoms. The third kappa shape index (κ3) is 2.34. The van der Waals surface area contributed by atoms with Gasteiger partial charge >= 0.3 is 12.1 Å². The SMILES string of the molecule is C=CCOC(=O)N1CCn2cc(C(=O)O)nc2C1. The van der Waals surface area contributed by atoms with Crippen molar-refractivity contribution in [2.75, 3.05) is 13.2 Å². The fraction of sp³-hybridized carbons (Fsp3) is 0.364. The molecule has 7 nitrogen and oxygen atoms in total. The molecule has 0 radical (unpaired) electrons. The normalized spacial score (nSPS) is 13.9. The molecule has 2 heterocycles. The van der Waals surface area contributed by atoms with E-state index in [1.807, 2.05) is 0 Å². The Kier molecular flexibility index (Phi) is 3.31. The first kappa shape index (κ1) is 12.2. The zero-order valence-corrected chi connectivity index (χ0v) is 9.70. The van der Waals surface area contributed by atoms with Gasteiger partial charge in [0.2, 0.25) is 0 Å². The third-order valence-electron chi connectivity index (χ3n) is 2.60. The van der Waals surface area contributed by atoms with Crippen LogP contribution in [-0.2, 0) is 17.8 Å². The summed E-state index contributed by atoms with van der Waals surface area (Å²) in [6.07, 6.45) is 2.52. The Morgan fingerprint density at radius 2 is 2.33 bits per heavy atom. The highest BCUT2D eigenvalue weighted by Gasteiger charge is 2.24. The molecule has 1 amide bonds. The van der Waals surface area contributed by atoms with Crippen LogP contribution in [0.5, 0.6) is 0 Å². The van der Waals surface area contributed by atoms with Gasteiger partial charge in [-0.15, -0.1) is 0 Å². The molecule has 1 N–H and O–H groups in total. The molecule has 0 spiro atoms. The number of aromatic carboxylic acids is 1. The summed E-state index contributed by atoms with van der Waals surface area (Å²) in [6.45, 7) is 4.85. The van der Waals surface area contributed by atoms with Crippen LogP contribution in [0.2, 0.25) is 0 Å². The fourth-order valence-corrected chi connectivity index (χ4v) is 1.73. The zero-order valence-electron chi connectivity index (χ0n) is 9.70. The summed E-state index contributed by atoms with van der Waals surface area (Å²) in [5.74, 6) is -0.521. The monoisotopic (exact) mass is 251 g/mol. The number of nitrogens with zero attached hydrogens (tertiary/aromatic N) is 3. The Balaban J connectivity index is 2.07. The fourth-order valence-electron chi connectivity index (χ4n) is 1.73. The Bertz CT molecular complexity index is 494. The van der Waals surface area contributed by atoms with E-state index < -0.39 is 12.1 Å². The first-order chi connectivity index (χ1) is 8.61. The van der Waals surface area contributed by atoms with Crippen LogP contribution in [0.3, 0.4) is 0 Å². The highest BCUT2D eigenvalue weighted by Crippen LogP contribution is 2.13. The predicted octanol–water partition coefficient (Wildman–Crippen LogP) is 0.720. The van der Waals surface area contributed by atoms with Crippen molar-refractivity contribution in [3.8, 4) is 0 Å². The van der Waals surface area contributed by atoms with Crippen LogP contribution in [0.25, 0.3) is 0 Å². The summed E-state index contributed by atoms with van der Waals surface area (Å²) in [5.41, 5.74) is -0.00805. The van der Waals surface area contributed by atoms with Crippen LogP contribution in [-0.4, -0.2) is 44.8 Å². The Morgan fingerprint density at radius 1 is 1.56 bits per heavy atom. The number of ether oxygens (including phenoxy) is 1. The minimum absolute atomic E-state index is 0.00805. The highest BCUT2D eigenvalue weighted by atomic mass is 16.6. The largest absolute Gasteiger partial charge is 0.476 e. The van der Waals surface area contributed by atoms with Crippen LogP contribution in [0.4, 0.5) is 4.79 Å². The number of aromatic nitrogens is 2. The van der Waals surface area contributed by atoms with E-state index in [9.17, 15) is 9.59 Å². The number of carbonyl (C=O) groups is 2. The lowest BCUT2D eigenvalue weighted by molar-refractivity contribution is 0.0691. The van der Waals surface area contributed by atoms with Crippen molar-refractivity contribution < 1.29 is 19.4 Å². The molecule has 0 saturated carbocycles. The molecule has 1 aliphatic rings. The minimum atomic E-state index is -1.07. The van der Waals surface area contributed by atoms with Crippen molar-refractivity contribution in [3.63, 3.8) is 0 Å². The summed E-state index contributed by atoms with van der Waals surface area (Å²) in [4.78, 5) is 27.8. The van der Waals surface area contributed by atoms with Gasteiger partial charge in [-0.05, 0) is 0 Å². The Labute approximate surface area is 103 Å². The molecule has 0 aromatic carbocycles. The molecular formula is C11H13N3O4. The minimum Gasteiger partial charge on any atom is -0.476 e. The number of carboxylic acid groups (broad SMARTS) is 1. The van der Waals surface area contributed by atoms with Gasteiger partial charge in [0.1, 0.15) is 12.4 Å². The van der Waals surface area contributed by atoms with Crippen molar-refractivity contribution in [2.45, 2.75) is 13.1 Å². The smallest absolute Gasteiger partial charge is 0.410 e. The summed E-state index contributed by atoms with van der Waals surface area (Å²) >= 11 is 0. The maximum atomic E-state index is 11.6. The second-order valence-corrected chi connectivity index (χ2v) is 3.83. The van der Waals surface area contributed by atoms with Crippen molar-refractivity contribution in [2.24, 2.45) is 0 Å². The van der Waals surface area contributed by atoms with E-state index in [2.05, 4.69) is 11.6 Å². The Hall–Kier alpha value is -2.31. The number of rotatable bonds is 3. The van der Waals surface area contributed by atoms with E-state index in [1.165, 1.54) is 17.2 Å². The van der Waals surface area contributed by atoms with Crippen LogP contribution in [0, 0.1) is 0 Å². The highest BCUT2D eigenvalue weighted by molar-refractivity contribution is 5.85. The number of amides is 1. The number of imidazole rings is 1. The molecule has 0 saturated heterocycles. The van der Waals surface area contributed by atoms with Gasteiger partial charge in [-0.1, -0.05) is 12.7 Å². The van der Waals surface area contributed by atoms with Crippen LogP contribution in [0.1, 0.15) is 16.3 Å². The zero-order chi connectivity index (χ0) is 13.1. The van der Waals surface area contributed by atoms with E-state index in [0.29, 0.717) is 18.9 Å². The number of carbonyl (C=O) groups excluding carboxylic acids is 1. The van der Waals surface area contributed by atoms with E-state index in [4.69, 9.17) is 9.84 Å². The van der Waals surface area contributed by atoms with Crippen LogP contribution in [0.15, 0.2) is 18.9 Å². The molecule has 0 atom stereocenters. The van der Waals surface area contributed by atoms with Gasteiger partial charge in [0.05, 0.1) is 6.54 Å². The molecule has 7 heteroatoms. The van der Waals surface area contributed by atoms with Gasteiger partial charge in [0.15, 0.2) is 5.69 Å². The van der Waals surface area contributed by atoms with Crippen molar-refractivity contribution in [3.05, 3.63) is 30.4 Å². The predicted molar refractivity (Wildman–Crippen MR) is 61.1 cm³/mol. The lowest BCUT2D eigenvalue weighted by Gasteiger charge is -2.26. The molecule has 1 aliphatic heterocycles. The van der Waals surface area contributed by atoms with Gasteiger partial charge in [-0.2, -0.15) is 0 Å². The summed E-state index contributed by atoms with van der Waals surface area (Å²) in [7, 11) is 0. The second-order valence-electron chi connectivity index (χ2n) is 3.83. The van der Waals surface area contributed by atoms with Crippen molar-refractivity contribution in [1.82, 2.24) is 14.5 Å². The van der Waals surface area contributed by atoms with Gasteiger partial charge in [-0.25, -0.2) is 14.6 Å². The maximum absolute atomic E-state index is 11.6. The number of hydrogen-bond acceptors (Lipinski definition) is 4. The van der Waals surface area contributed by atoms with Crippen molar-refractivity contribution >= 4 is 12.1 Å². The molecule has 0 bridgehead atoms. The van der Waals surface area contributed by atoms with Crippen LogP contribution < -0.4 is 0 Å². The van der Waals surface area contributed by atoms with Gasteiger partial charge in [0.25, 0.3) is 0 Å². The molecule has 2 rings (SSSR count). The van der Waals surface area contributed by atoms with E-state index in [1.54, 1.807) is 4.57 Å². The lowest BCUT2D eigenvalue weighted by Crippen LogP contribution is -2.38. The van der Waals surface area contributed by atoms with Gasteiger partial charge < -0.3 is 14.4 Å². The Morgan fingerprint density at radius 3 is 3.00 bits per heavy atom. The summed E-state index contributed by atoms with van der Waals surface area (Å²) < 4.78 is 6.65. The molecule has 1 aromatic rings. The maximum Gasteiger partial charge on any atom is 0.410 e. The topological polar surface area (TPSA) is 84.7 Å². The lowest BCUT2D eigenvalue weighted by atomic mass is 10.4. The number of carboxylic acids is 1. The molecule has 0 fully saturated rings. The first-order valence-electron chi connectivity index (χ1n) is 5.43. The summed E-state index contributed by atoms with van der Waals surface area (Å²) in [5, 5.41) is 8.83. The van der Waals surface area contributed by atoms with E-state index in [-0.39, 0.29) is 18.8 Å². The first-order valence-corrected chi connectivity index (χ1v) is 5.43. The summed E-state index contributed by atoms with van der Waals surface area (Å²) in [6, 6.07) is 0. The third-order valence-corrected chi connectivity index (χ3v) is 2.60. The van der Waals surface area contributed by atoms with Gasteiger partial charge in [-0.3, -0.25) is 4.90 Å². The average Bonchev–Trinajstić information content (AvgIpc) is 2.78. The molecule has 0 unspecified atom stereocenters. The van der Waals surface area contributed by atoms with Gasteiger partial charge in [0, 0.05) is 19.3 Å². The molecule has 96 valence electrons. The number of hydrogen-bond donors (Lipinski definition) is 1. The van der Waals surface area contributed by atoms with E-state index >= 15 is 0 Å². The molecule has 1 aromatic heterocycles. The molecular weight excluding hydrogens is 238 g/mol. The van der Waals surface area contributed by atoms with E-state index in [0.717, 1.165) is 0 Å². The van der Waals surface area contributed by atoms with Crippen molar-refractivity contribution in [1.29, 1.82) is 0 Å². The quantitative estimate of drug-likeness (QED) is 0.800. The standard InChI is InChI=1S/C11H13N3O4/c1-2-5-18-11(17)14-4-3-13-6-8(10(15)16)12-9(13)7-14/h2,6H,1,3-5,7H2,(H,15,16). The van der Waals surface area contributed by atoms with Crippen LogP contribution >= 0.6 is 0 Å². The number of fused-ring (bicyclic) bond motifs is 1. The molecule has 0 aliphatic carbocycles. The second kappa shape index (κ2) is 4.91.